The Morgan fingerprint density at radius 2 is 2.12 bits per heavy atom. The summed E-state index contributed by atoms with van der Waals surface area (Å²) in [4.78, 5) is 24.3. The summed E-state index contributed by atoms with van der Waals surface area (Å²) in [5.74, 6) is -0.939. The fourth-order valence-corrected chi connectivity index (χ4v) is 2.96. The molecule has 2 atom stereocenters. The number of carbonyl (C=O) groups excluding carboxylic acids is 2. The lowest BCUT2D eigenvalue weighted by atomic mass is 10.1. The lowest BCUT2D eigenvalue weighted by Crippen LogP contribution is -2.48. The van der Waals surface area contributed by atoms with Crippen LogP contribution in [-0.2, 0) is 15.8 Å². The summed E-state index contributed by atoms with van der Waals surface area (Å²) in [5, 5.41) is 6.31. The number of halogens is 4. The molecule has 2 aliphatic rings. The summed E-state index contributed by atoms with van der Waals surface area (Å²) < 4.78 is 39.3. The van der Waals surface area contributed by atoms with Crippen molar-refractivity contribution in [3.63, 3.8) is 0 Å². The number of hydrogen-bond acceptors (Lipinski definition) is 4. The van der Waals surface area contributed by atoms with Gasteiger partial charge < -0.3 is 15.6 Å². The number of amides is 2. The fourth-order valence-electron chi connectivity index (χ4n) is 2.78. The third-order valence-electron chi connectivity index (χ3n) is 3.92. The van der Waals surface area contributed by atoms with Crippen LogP contribution in [0.3, 0.4) is 0 Å². The number of carbonyl (C=O) groups is 2. The molecule has 10 heteroatoms. The van der Waals surface area contributed by atoms with E-state index in [1.165, 1.54) is 11.1 Å². The second kappa shape index (κ2) is 6.23. The first-order valence-electron chi connectivity index (χ1n) is 7.36. The van der Waals surface area contributed by atoms with Gasteiger partial charge in [0.25, 0.3) is 0 Å². The van der Waals surface area contributed by atoms with Crippen LogP contribution in [0, 0.1) is 0 Å². The maximum absolute atomic E-state index is 13.1. The van der Waals surface area contributed by atoms with Crippen molar-refractivity contribution < 1.29 is 22.8 Å². The van der Waals surface area contributed by atoms with Crippen LogP contribution < -0.4 is 16.1 Å². The van der Waals surface area contributed by atoms with E-state index in [-0.39, 0.29) is 23.0 Å². The summed E-state index contributed by atoms with van der Waals surface area (Å²) in [7, 11) is 0. The van der Waals surface area contributed by atoms with Crippen molar-refractivity contribution in [1.29, 1.82) is 0 Å². The van der Waals surface area contributed by atoms with Crippen molar-refractivity contribution >= 4 is 29.1 Å². The standard InChI is InChI=1S/C15H14ClF3N4O2/c1-7-6-23-12(14(25)20-7)5-11(22-23)13(24)21-10-3-2-8(16)4-9(10)15(17,18)19/h2-4,6,11-12,22H,5H2,1H3,(H,20,25)(H,21,24). The van der Waals surface area contributed by atoms with Crippen molar-refractivity contribution in [2.45, 2.75) is 31.6 Å². The molecule has 6 nitrogen and oxygen atoms in total. The highest BCUT2D eigenvalue weighted by Gasteiger charge is 2.41. The zero-order valence-electron chi connectivity index (χ0n) is 12.9. The van der Waals surface area contributed by atoms with E-state index in [1.807, 2.05) is 0 Å². The lowest BCUT2D eigenvalue weighted by Gasteiger charge is -2.27. The molecule has 2 amide bonds. The van der Waals surface area contributed by atoms with Crippen LogP contribution in [0.4, 0.5) is 18.9 Å². The van der Waals surface area contributed by atoms with Gasteiger partial charge in [0.05, 0.1) is 11.3 Å². The third kappa shape index (κ3) is 3.57. The Labute approximate surface area is 146 Å². The van der Waals surface area contributed by atoms with E-state index in [1.54, 1.807) is 13.1 Å². The molecule has 2 unspecified atom stereocenters. The van der Waals surface area contributed by atoms with Gasteiger partial charge in [-0.05, 0) is 25.1 Å². The molecule has 0 aliphatic carbocycles. The molecule has 1 aromatic rings. The van der Waals surface area contributed by atoms with Crippen LogP contribution >= 0.6 is 11.6 Å². The number of alkyl halides is 3. The number of anilines is 1. The van der Waals surface area contributed by atoms with Crippen molar-refractivity contribution in [3.8, 4) is 0 Å². The summed E-state index contributed by atoms with van der Waals surface area (Å²) >= 11 is 5.62. The molecule has 1 fully saturated rings. The molecule has 2 heterocycles. The van der Waals surface area contributed by atoms with Crippen molar-refractivity contribution in [2.24, 2.45) is 0 Å². The van der Waals surface area contributed by atoms with Gasteiger partial charge in [0.15, 0.2) is 0 Å². The number of allylic oxidation sites excluding steroid dienone is 1. The van der Waals surface area contributed by atoms with Gasteiger partial charge in [0, 0.05) is 23.3 Å². The minimum Gasteiger partial charge on any atom is -0.327 e. The van der Waals surface area contributed by atoms with Crippen LogP contribution in [0.5, 0.6) is 0 Å². The number of nitrogens with one attached hydrogen (secondary N) is 3. The number of hydrogen-bond donors (Lipinski definition) is 3. The van der Waals surface area contributed by atoms with Gasteiger partial charge in [0.2, 0.25) is 11.8 Å². The number of hydrazine groups is 1. The molecule has 2 aliphatic heterocycles. The average molecular weight is 375 g/mol. The van der Waals surface area contributed by atoms with Gasteiger partial charge in [0.1, 0.15) is 12.1 Å². The number of rotatable bonds is 2. The highest BCUT2D eigenvalue weighted by atomic mass is 35.5. The number of nitrogens with zero attached hydrogens (tertiary/aromatic N) is 1. The molecule has 1 aromatic carbocycles. The predicted octanol–water partition coefficient (Wildman–Crippen LogP) is 2.24. The zero-order valence-corrected chi connectivity index (χ0v) is 13.7. The zero-order chi connectivity index (χ0) is 18.4. The van der Waals surface area contributed by atoms with Crippen LogP contribution in [0.15, 0.2) is 30.1 Å². The van der Waals surface area contributed by atoms with Crippen LogP contribution in [0.1, 0.15) is 18.9 Å². The quantitative estimate of drug-likeness (QED) is 0.742. The summed E-state index contributed by atoms with van der Waals surface area (Å²) in [6, 6.07) is 1.68. The SMILES string of the molecule is CC1=CN2NC(C(=O)Nc3ccc(Cl)cc3C(F)(F)F)CC2C(=O)N1. The number of fused-ring (bicyclic) bond motifs is 1. The van der Waals surface area contributed by atoms with Crippen LogP contribution in [0.2, 0.25) is 5.02 Å². The van der Waals surface area contributed by atoms with Crippen molar-refractivity contribution in [3.05, 3.63) is 40.7 Å². The number of benzene rings is 1. The van der Waals surface area contributed by atoms with Gasteiger partial charge in [-0.2, -0.15) is 13.2 Å². The minimum absolute atomic E-state index is 0.0845. The highest BCUT2D eigenvalue weighted by molar-refractivity contribution is 6.30. The Morgan fingerprint density at radius 3 is 2.80 bits per heavy atom. The molecular formula is C15H14ClF3N4O2. The Hall–Kier alpha value is -2.26. The van der Waals surface area contributed by atoms with Crippen molar-refractivity contribution in [1.82, 2.24) is 15.8 Å². The molecular weight excluding hydrogens is 361 g/mol. The Balaban J connectivity index is 1.77. The normalized spacial score (nSPS) is 23.0. The summed E-state index contributed by atoms with van der Waals surface area (Å²) in [6.07, 6.45) is -2.90. The topological polar surface area (TPSA) is 73.5 Å². The summed E-state index contributed by atoms with van der Waals surface area (Å²) in [5.41, 5.74) is 2.01. The summed E-state index contributed by atoms with van der Waals surface area (Å²) in [6.45, 7) is 1.69. The van der Waals surface area contributed by atoms with E-state index in [4.69, 9.17) is 11.6 Å². The first-order chi connectivity index (χ1) is 11.6. The van der Waals surface area contributed by atoms with Crippen molar-refractivity contribution in [2.75, 3.05) is 5.32 Å². The molecule has 0 saturated carbocycles. The van der Waals surface area contributed by atoms with Gasteiger partial charge in [-0.15, -0.1) is 0 Å². The molecule has 3 rings (SSSR count). The van der Waals surface area contributed by atoms with E-state index in [0.717, 1.165) is 12.1 Å². The second-order valence-corrected chi connectivity index (χ2v) is 6.26. The molecule has 134 valence electrons. The Bertz CT molecular complexity index is 766. The van der Waals surface area contributed by atoms with E-state index in [0.29, 0.717) is 5.70 Å². The molecule has 0 radical (unpaired) electrons. The first kappa shape index (κ1) is 17.6. The van der Waals surface area contributed by atoms with Gasteiger partial charge in [-0.3, -0.25) is 9.59 Å². The maximum atomic E-state index is 13.1. The van der Waals surface area contributed by atoms with Gasteiger partial charge in [-0.25, -0.2) is 5.43 Å². The molecule has 0 aromatic heterocycles. The smallest absolute Gasteiger partial charge is 0.327 e. The lowest BCUT2D eigenvalue weighted by molar-refractivity contribution is -0.137. The van der Waals surface area contributed by atoms with Gasteiger partial charge in [-0.1, -0.05) is 11.6 Å². The molecule has 0 bridgehead atoms. The van der Waals surface area contributed by atoms with Crippen LogP contribution in [-0.4, -0.2) is 28.9 Å². The largest absolute Gasteiger partial charge is 0.418 e. The molecule has 3 N–H and O–H groups in total. The Kier molecular flexibility index (Phi) is 4.38. The van der Waals surface area contributed by atoms with E-state index < -0.39 is 29.7 Å². The highest BCUT2D eigenvalue weighted by Crippen LogP contribution is 2.36. The Morgan fingerprint density at radius 1 is 1.40 bits per heavy atom. The second-order valence-electron chi connectivity index (χ2n) is 5.82. The first-order valence-corrected chi connectivity index (χ1v) is 7.74. The molecule has 0 spiro atoms. The van der Waals surface area contributed by atoms with E-state index in [2.05, 4.69) is 16.1 Å². The molecule has 1 saturated heterocycles. The average Bonchev–Trinajstić information content (AvgIpc) is 2.92. The predicted molar refractivity (Wildman–Crippen MR) is 84.2 cm³/mol. The fraction of sp³-hybridized carbons (Fsp3) is 0.333. The third-order valence-corrected chi connectivity index (χ3v) is 4.15. The minimum atomic E-state index is -4.66. The monoisotopic (exact) mass is 374 g/mol. The maximum Gasteiger partial charge on any atom is 0.418 e. The van der Waals surface area contributed by atoms with Gasteiger partial charge >= 0.3 is 6.18 Å². The van der Waals surface area contributed by atoms with E-state index >= 15 is 0 Å². The van der Waals surface area contributed by atoms with Crippen LogP contribution in [0.25, 0.3) is 0 Å². The molecule has 25 heavy (non-hydrogen) atoms. The van der Waals surface area contributed by atoms with E-state index in [9.17, 15) is 22.8 Å².